The van der Waals surface area contributed by atoms with Crippen LogP contribution in [0.25, 0.3) is 0 Å². The van der Waals surface area contributed by atoms with Crippen molar-refractivity contribution >= 4 is 17.5 Å². The quantitative estimate of drug-likeness (QED) is 0.781. The number of carbonyl (C=O) groups excluding carboxylic acids is 1. The van der Waals surface area contributed by atoms with E-state index in [1.54, 1.807) is 6.92 Å². The number of amides is 1. The van der Waals surface area contributed by atoms with E-state index in [1.165, 1.54) is 18.1 Å². The molecule has 1 fully saturated rings. The molecule has 1 aliphatic heterocycles. The molecule has 1 aromatic carbocycles. The number of likely N-dealkylation sites (tertiary alicyclic amines) is 1. The first kappa shape index (κ1) is 16.9. The van der Waals surface area contributed by atoms with Gasteiger partial charge >= 0.3 is 6.18 Å². The van der Waals surface area contributed by atoms with Crippen LogP contribution in [0.2, 0.25) is 0 Å². The van der Waals surface area contributed by atoms with Crippen LogP contribution < -0.4 is 4.74 Å². The summed E-state index contributed by atoms with van der Waals surface area (Å²) < 4.78 is 44.0. The van der Waals surface area contributed by atoms with Gasteiger partial charge in [0.25, 0.3) is 0 Å². The summed E-state index contributed by atoms with van der Waals surface area (Å²) in [6.07, 6.45) is -3.12. The number of methoxy groups -OCH3 is 1. The molecule has 7 heteroatoms. The van der Waals surface area contributed by atoms with Gasteiger partial charge in [0.05, 0.1) is 18.7 Å². The summed E-state index contributed by atoms with van der Waals surface area (Å²) in [6.45, 7) is 2.04. The highest BCUT2D eigenvalue weighted by Crippen LogP contribution is 2.40. The molecular weight excluding hydrogens is 319 g/mol. The lowest BCUT2D eigenvalue weighted by molar-refractivity contribution is -0.137. The van der Waals surface area contributed by atoms with E-state index < -0.39 is 23.2 Å². The van der Waals surface area contributed by atoms with Gasteiger partial charge in [-0.3, -0.25) is 4.79 Å². The zero-order valence-electron chi connectivity index (χ0n) is 12.3. The summed E-state index contributed by atoms with van der Waals surface area (Å²) in [5.74, 6) is 0.0727. The van der Waals surface area contributed by atoms with E-state index in [0.717, 1.165) is 18.6 Å². The normalized spacial score (nSPS) is 20.1. The Morgan fingerprint density at radius 1 is 1.45 bits per heavy atom. The van der Waals surface area contributed by atoms with Crippen LogP contribution >= 0.6 is 11.6 Å². The number of hydrogen-bond donors (Lipinski definition) is 0. The molecule has 0 aliphatic carbocycles. The van der Waals surface area contributed by atoms with E-state index in [1.807, 2.05) is 0 Å². The average Bonchev–Trinajstić information content (AvgIpc) is 2.93. The van der Waals surface area contributed by atoms with Gasteiger partial charge in [-0.15, -0.1) is 11.6 Å². The van der Waals surface area contributed by atoms with Crippen molar-refractivity contribution in [1.29, 1.82) is 0 Å². The SMILES string of the molecule is COc1ccc(C(F)(F)F)cc1C1CCCN1C(=O)C(C)Cl. The zero-order chi connectivity index (χ0) is 16.5. The van der Waals surface area contributed by atoms with Crippen LogP contribution in [0.5, 0.6) is 5.75 Å². The molecule has 3 nitrogen and oxygen atoms in total. The Bertz CT molecular complexity index is 560. The Balaban J connectivity index is 2.43. The Kier molecular flexibility index (Phi) is 4.90. The lowest BCUT2D eigenvalue weighted by Crippen LogP contribution is -2.35. The molecule has 0 aromatic heterocycles. The third kappa shape index (κ3) is 3.32. The standard InChI is InChI=1S/C15H17ClF3NO2/c1-9(16)14(21)20-7-3-4-12(20)11-8-10(15(17,18)19)5-6-13(11)22-2/h5-6,8-9,12H,3-4,7H2,1-2H3. The van der Waals surface area contributed by atoms with E-state index in [2.05, 4.69) is 0 Å². The second-order valence-corrected chi connectivity index (χ2v) is 5.91. The first-order valence-corrected chi connectivity index (χ1v) is 7.39. The summed E-state index contributed by atoms with van der Waals surface area (Å²) in [7, 11) is 1.40. The molecule has 0 bridgehead atoms. The van der Waals surface area contributed by atoms with E-state index in [0.29, 0.717) is 24.3 Å². The van der Waals surface area contributed by atoms with Crippen LogP contribution in [0, 0.1) is 0 Å². The van der Waals surface area contributed by atoms with Gasteiger partial charge in [-0.2, -0.15) is 13.2 Å². The van der Waals surface area contributed by atoms with Gasteiger partial charge in [-0.25, -0.2) is 0 Å². The highest BCUT2D eigenvalue weighted by atomic mass is 35.5. The van der Waals surface area contributed by atoms with Gasteiger partial charge in [0, 0.05) is 12.1 Å². The summed E-state index contributed by atoms with van der Waals surface area (Å²) in [4.78, 5) is 13.7. The minimum absolute atomic E-state index is 0.274. The van der Waals surface area contributed by atoms with Crippen LogP contribution in [0.3, 0.4) is 0 Å². The van der Waals surface area contributed by atoms with Gasteiger partial charge in [0.2, 0.25) is 5.91 Å². The Labute approximate surface area is 132 Å². The number of halogens is 4. The highest BCUT2D eigenvalue weighted by Gasteiger charge is 2.36. The molecule has 1 aromatic rings. The van der Waals surface area contributed by atoms with Gasteiger partial charge in [-0.1, -0.05) is 0 Å². The van der Waals surface area contributed by atoms with E-state index in [9.17, 15) is 18.0 Å². The Hall–Kier alpha value is -1.43. The number of benzene rings is 1. The number of alkyl halides is 4. The van der Waals surface area contributed by atoms with Crippen LogP contribution in [-0.4, -0.2) is 29.8 Å². The molecule has 0 N–H and O–H groups in total. The van der Waals surface area contributed by atoms with Crippen molar-refractivity contribution in [2.24, 2.45) is 0 Å². The average molecular weight is 336 g/mol. The number of ether oxygens (including phenoxy) is 1. The smallest absolute Gasteiger partial charge is 0.416 e. The molecule has 1 saturated heterocycles. The lowest BCUT2D eigenvalue weighted by Gasteiger charge is -2.27. The van der Waals surface area contributed by atoms with Gasteiger partial charge in [-0.05, 0) is 38.0 Å². The summed E-state index contributed by atoms with van der Waals surface area (Å²) in [5, 5.41) is -0.711. The summed E-state index contributed by atoms with van der Waals surface area (Å²) >= 11 is 5.84. The second-order valence-electron chi connectivity index (χ2n) is 5.26. The molecule has 0 saturated carbocycles. The fraction of sp³-hybridized carbons (Fsp3) is 0.533. The number of carbonyl (C=O) groups is 1. The van der Waals surface area contributed by atoms with Gasteiger partial charge in [0.15, 0.2) is 0 Å². The minimum atomic E-state index is -4.44. The largest absolute Gasteiger partial charge is 0.496 e. The third-order valence-electron chi connectivity index (χ3n) is 3.79. The fourth-order valence-electron chi connectivity index (χ4n) is 2.75. The number of hydrogen-bond acceptors (Lipinski definition) is 2. The van der Waals surface area contributed by atoms with Crippen molar-refractivity contribution in [2.75, 3.05) is 13.7 Å². The molecular formula is C15H17ClF3NO2. The van der Waals surface area contributed by atoms with E-state index >= 15 is 0 Å². The molecule has 0 radical (unpaired) electrons. The summed E-state index contributed by atoms with van der Waals surface area (Å²) in [6, 6.07) is 2.90. The van der Waals surface area contributed by atoms with Crippen molar-refractivity contribution in [3.63, 3.8) is 0 Å². The topological polar surface area (TPSA) is 29.5 Å². The maximum Gasteiger partial charge on any atom is 0.416 e. The number of rotatable bonds is 3. The van der Waals surface area contributed by atoms with Crippen molar-refractivity contribution in [2.45, 2.75) is 37.4 Å². The molecule has 1 amide bonds. The molecule has 2 unspecified atom stereocenters. The number of nitrogens with zero attached hydrogens (tertiary/aromatic N) is 1. The van der Waals surface area contributed by atoms with E-state index in [-0.39, 0.29) is 5.91 Å². The van der Waals surface area contributed by atoms with Crippen molar-refractivity contribution in [3.05, 3.63) is 29.3 Å². The van der Waals surface area contributed by atoms with Crippen molar-refractivity contribution in [1.82, 2.24) is 4.90 Å². The Morgan fingerprint density at radius 2 is 2.14 bits per heavy atom. The molecule has 122 valence electrons. The van der Waals surface area contributed by atoms with Gasteiger partial charge in [0.1, 0.15) is 11.1 Å². The maximum atomic E-state index is 12.9. The zero-order valence-corrected chi connectivity index (χ0v) is 13.0. The first-order chi connectivity index (χ1) is 10.3. The lowest BCUT2D eigenvalue weighted by atomic mass is 10.00. The van der Waals surface area contributed by atoms with Gasteiger partial charge < -0.3 is 9.64 Å². The molecule has 1 aliphatic rings. The maximum absolute atomic E-state index is 12.9. The van der Waals surface area contributed by atoms with Crippen LogP contribution in [0.1, 0.15) is 36.9 Å². The highest BCUT2D eigenvalue weighted by molar-refractivity contribution is 6.30. The monoisotopic (exact) mass is 335 g/mol. The van der Waals surface area contributed by atoms with Crippen LogP contribution in [-0.2, 0) is 11.0 Å². The molecule has 0 spiro atoms. The second kappa shape index (κ2) is 6.36. The third-order valence-corrected chi connectivity index (χ3v) is 3.98. The van der Waals surface area contributed by atoms with Crippen molar-refractivity contribution < 1.29 is 22.7 Å². The van der Waals surface area contributed by atoms with Crippen molar-refractivity contribution in [3.8, 4) is 5.75 Å². The fourth-order valence-corrected chi connectivity index (χ4v) is 2.88. The molecule has 1 heterocycles. The Morgan fingerprint density at radius 3 is 2.68 bits per heavy atom. The predicted molar refractivity (Wildman–Crippen MR) is 77.0 cm³/mol. The summed E-state index contributed by atoms with van der Waals surface area (Å²) in [5.41, 5.74) is -0.373. The molecule has 2 rings (SSSR count). The van der Waals surface area contributed by atoms with Crippen LogP contribution in [0.15, 0.2) is 18.2 Å². The first-order valence-electron chi connectivity index (χ1n) is 6.95. The molecule has 2 atom stereocenters. The van der Waals surface area contributed by atoms with Crippen LogP contribution in [0.4, 0.5) is 13.2 Å². The predicted octanol–water partition coefficient (Wildman–Crippen LogP) is 4.00. The minimum Gasteiger partial charge on any atom is -0.496 e. The molecule has 22 heavy (non-hydrogen) atoms. The van der Waals surface area contributed by atoms with E-state index in [4.69, 9.17) is 16.3 Å².